The Morgan fingerprint density at radius 3 is 2.73 bits per heavy atom. The first-order valence-electron chi connectivity index (χ1n) is 4.44. The van der Waals surface area contributed by atoms with Crippen molar-refractivity contribution in [3.8, 4) is 11.5 Å². The van der Waals surface area contributed by atoms with Crippen LogP contribution in [0.25, 0.3) is 11.5 Å². The number of anilines is 1. The quantitative estimate of drug-likeness (QED) is 0.623. The van der Waals surface area contributed by atoms with Gasteiger partial charge in [-0.1, -0.05) is 11.8 Å². The van der Waals surface area contributed by atoms with Crippen molar-refractivity contribution in [1.82, 2.24) is 10.2 Å². The zero-order chi connectivity index (χ0) is 10.8. The molecule has 0 aliphatic carbocycles. The smallest absolute Gasteiger partial charge is 0.276 e. The predicted octanol–water partition coefficient (Wildman–Crippen LogP) is 2.35. The lowest BCUT2D eigenvalue weighted by Gasteiger charge is -2.00. The highest BCUT2D eigenvalue weighted by molar-refractivity contribution is 7.98. The predicted molar refractivity (Wildman–Crippen MR) is 60.7 cm³/mol. The van der Waals surface area contributed by atoms with Crippen molar-refractivity contribution in [3.05, 3.63) is 23.8 Å². The van der Waals surface area contributed by atoms with Crippen molar-refractivity contribution in [3.63, 3.8) is 0 Å². The monoisotopic (exact) mass is 221 g/mol. The van der Waals surface area contributed by atoms with Crippen molar-refractivity contribution in [1.29, 1.82) is 0 Å². The fourth-order valence-corrected chi connectivity index (χ4v) is 1.50. The highest BCUT2D eigenvalue weighted by Gasteiger charge is 2.08. The zero-order valence-corrected chi connectivity index (χ0v) is 9.34. The molecule has 0 unspecified atom stereocenters. The summed E-state index contributed by atoms with van der Waals surface area (Å²) in [5.41, 5.74) is 8.40. The normalized spacial score (nSPS) is 10.5. The Bertz CT molecular complexity index is 481. The summed E-state index contributed by atoms with van der Waals surface area (Å²) in [5, 5.41) is 8.40. The fraction of sp³-hybridized carbons (Fsp3) is 0.200. The largest absolute Gasteiger partial charge is 0.411 e. The number of nitrogens with two attached hydrogens (primary N) is 1. The molecule has 0 saturated carbocycles. The number of rotatable bonds is 2. The van der Waals surface area contributed by atoms with Gasteiger partial charge in [0.2, 0.25) is 5.89 Å². The molecule has 0 spiro atoms. The van der Waals surface area contributed by atoms with Gasteiger partial charge in [-0.3, -0.25) is 0 Å². The maximum Gasteiger partial charge on any atom is 0.276 e. The summed E-state index contributed by atoms with van der Waals surface area (Å²) in [5.74, 6) is 0.530. The van der Waals surface area contributed by atoms with Gasteiger partial charge in [-0.05, 0) is 36.9 Å². The Labute approximate surface area is 91.9 Å². The van der Waals surface area contributed by atoms with Crippen LogP contribution >= 0.6 is 11.8 Å². The van der Waals surface area contributed by atoms with Crippen LogP contribution in [0.2, 0.25) is 0 Å². The van der Waals surface area contributed by atoms with E-state index in [1.165, 1.54) is 11.8 Å². The Kier molecular flexibility index (Phi) is 2.64. The van der Waals surface area contributed by atoms with Crippen LogP contribution in [0.3, 0.4) is 0 Å². The molecule has 0 amide bonds. The number of thioether (sulfide) groups is 1. The number of hydrogen-bond acceptors (Lipinski definition) is 5. The van der Waals surface area contributed by atoms with E-state index in [0.29, 0.717) is 11.1 Å². The van der Waals surface area contributed by atoms with Gasteiger partial charge in [0, 0.05) is 11.3 Å². The molecule has 0 fully saturated rings. The third kappa shape index (κ3) is 1.97. The molecule has 0 aliphatic rings. The van der Waals surface area contributed by atoms with E-state index < -0.39 is 0 Å². The van der Waals surface area contributed by atoms with Crippen molar-refractivity contribution < 1.29 is 4.42 Å². The number of hydrogen-bond donors (Lipinski definition) is 1. The Morgan fingerprint density at radius 2 is 2.13 bits per heavy atom. The third-order valence-corrected chi connectivity index (χ3v) is 2.61. The first-order valence-corrected chi connectivity index (χ1v) is 5.67. The molecule has 1 heterocycles. The zero-order valence-electron chi connectivity index (χ0n) is 8.52. The number of nitrogen functional groups attached to an aromatic ring is 1. The minimum atomic E-state index is 0.530. The van der Waals surface area contributed by atoms with E-state index in [0.717, 1.165) is 16.8 Å². The van der Waals surface area contributed by atoms with E-state index in [9.17, 15) is 0 Å². The van der Waals surface area contributed by atoms with Gasteiger partial charge in [-0.25, -0.2) is 0 Å². The van der Waals surface area contributed by atoms with Crippen LogP contribution in [0.5, 0.6) is 0 Å². The van der Waals surface area contributed by atoms with Crippen LogP contribution in [-0.4, -0.2) is 16.5 Å². The van der Waals surface area contributed by atoms with Crippen molar-refractivity contribution in [2.75, 3.05) is 12.0 Å². The van der Waals surface area contributed by atoms with E-state index in [-0.39, 0.29) is 0 Å². The van der Waals surface area contributed by atoms with Crippen molar-refractivity contribution in [2.45, 2.75) is 12.1 Å². The van der Waals surface area contributed by atoms with Crippen LogP contribution in [0.15, 0.2) is 27.8 Å². The van der Waals surface area contributed by atoms with Crippen LogP contribution in [0.1, 0.15) is 5.56 Å². The van der Waals surface area contributed by atoms with E-state index in [1.807, 2.05) is 31.4 Å². The van der Waals surface area contributed by atoms with Gasteiger partial charge >= 0.3 is 0 Å². The molecule has 4 nitrogen and oxygen atoms in total. The molecule has 2 N–H and O–H groups in total. The number of aromatic nitrogens is 2. The summed E-state index contributed by atoms with van der Waals surface area (Å²) < 4.78 is 5.41. The summed E-state index contributed by atoms with van der Waals surface area (Å²) in [6.45, 7) is 1.95. The van der Waals surface area contributed by atoms with Crippen LogP contribution in [0, 0.1) is 6.92 Å². The van der Waals surface area contributed by atoms with E-state index in [4.69, 9.17) is 10.2 Å². The molecule has 78 valence electrons. The van der Waals surface area contributed by atoms with Gasteiger partial charge in [-0.2, -0.15) is 0 Å². The molecule has 5 heteroatoms. The third-order valence-electron chi connectivity index (χ3n) is 2.10. The molecule has 0 atom stereocenters. The van der Waals surface area contributed by atoms with Gasteiger partial charge in [0.25, 0.3) is 5.22 Å². The summed E-state index contributed by atoms with van der Waals surface area (Å²) in [7, 11) is 0. The van der Waals surface area contributed by atoms with Crippen LogP contribution < -0.4 is 5.73 Å². The maximum atomic E-state index is 5.73. The lowest BCUT2D eigenvalue weighted by Crippen LogP contribution is -1.89. The minimum Gasteiger partial charge on any atom is -0.411 e. The highest BCUT2D eigenvalue weighted by atomic mass is 32.2. The summed E-state index contributed by atoms with van der Waals surface area (Å²) in [6, 6.07) is 5.65. The molecule has 2 aromatic rings. The minimum absolute atomic E-state index is 0.530. The standard InChI is InChI=1S/C10H11N3OS/c1-6-5-7(3-4-8(6)11)9-12-13-10(14-9)15-2/h3-5H,11H2,1-2H3. The molecule has 1 aromatic carbocycles. The molecule has 0 radical (unpaired) electrons. The lowest BCUT2D eigenvalue weighted by atomic mass is 10.1. The Hall–Kier alpha value is -1.49. The summed E-state index contributed by atoms with van der Waals surface area (Å²) in [4.78, 5) is 0. The first-order chi connectivity index (χ1) is 7.20. The molecule has 0 saturated heterocycles. The number of benzene rings is 1. The fourth-order valence-electron chi connectivity index (χ4n) is 1.22. The van der Waals surface area contributed by atoms with Gasteiger partial charge < -0.3 is 10.2 Å². The topological polar surface area (TPSA) is 64.9 Å². The molecule has 0 aliphatic heterocycles. The second-order valence-corrected chi connectivity index (χ2v) is 3.91. The van der Waals surface area contributed by atoms with Crippen LogP contribution in [-0.2, 0) is 0 Å². The van der Waals surface area contributed by atoms with Crippen molar-refractivity contribution >= 4 is 17.4 Å². The first kappa shape index (κ1) is 10.0. The maximum absolute atomic E-state index is 5.73. The van der Waals surface area contributed by atoms with E-state index >= 15 is 0 Å². The lowest BCUT2D eigenvalue weighted by molar-refractivity contribution is 0.466. The second kappa shape index (κ2) is 3.94. The number of nitrogens with zero attached hydrogens (tertiary/aromatic N) is 2. The van der Waals surface area contributed by atoms with Crippen LogP contribution in [0.4, 0.5) is 5.69 Å². The number of aryl methyl sites for hydroxylation is 1. The Balaban J connectivity index is 2.40. The average molecular weight is 221 g/mol. The van der Waals surface area contributed by atoms with E-state index in [2.05, 4.69) is 10.2 Å². The molecule has 0 bridgehead atoms. The molecule has 2 rings (SSSR count). The SMILES string of the molecule is CSc1nnc(-c2ccc(N)c(C)c2)o1. The van der Waals surface area contributed by atoms with Gasteiger partial charge in [0.15, 0.2) is 0 Å². The molecular formula is C10H11N3OS. The summed E-state index contributed by atoms with van der Waals surface area (Å²) in [6.07, 6.45) is 1.89. The molecule has 1 aromatic heterocycles. The Morgan fingerprint density at radius 1 is 1.33 bits per heavy atom. The van der Waals surface area contributed by atoms with E-state index in [1.54, 1.807) is 0 Å². The second-order valence-electron chi connectivity index (χ2n) is 3.15. The van der Waals surface area contributed by atoms with Gasteiger partial charge in [0.1, 0.15) is 0 Å². The average Bonchev–Trinajstić information content (AvgIpc) is 2.70. The highest BCUT2D eigenvalue weighted by Crippen LogP contribution is 2.24. The summed E-state index contributed by atoms with van der Waals surface area (Å²) >= 11 is 1.43. The van der Waals surface area contributed by atoms with Gasteiger partial charge in [0.05, 0.1) is 0 Å². The van der Waals surface area contributed by atoms with Gasteiger partial charge in [-0.15, -0.1) is 10.2 Å². The molecular weight excluding hydrogens is 210 g/mol. The molecule has 15 heavy (non-hydrogen) atoms. The van der Waals surface area contributed by atoms with Crippen molar-refractivity contribution in [2.24, 2.45) is 0 Å².